The van der Waals surface area contributed by atoms with Gasteiger partial charge in [-0.05, 0) is 0 Å². The van der Waals surface area contributed by atoms with Crippen molar-refractivity contribution in [3.63, 3.8) is 0 Å². The predicted molar refractivity (Wildman–Crippen MR) is 61.4 cm³/mol. The number of nitrogens with one attached hydrogen (secondary N) is 1. The molecule has 16 heavy (non-hydrogen) atoms. The van der Waals surface area contributed by atoms with Crippen LogP contribution in [0.5, 0.6) is 0 Å². The maximum absolute atomic E-state index is 4.21. The van der Waals surface area contributed by atoms with Gasteiger partial charge in [0, 0.05) is 5.75 Å². The Labute approximate surface area is 94.8 Å². The van der Waals surface area contributed by atoms with Crippen molar-refractivity contribution in [3.05, 3.63) is 25.3 Å². The number of fused-ring (bicyclic) bond motifs is 3. The summed E-state index contributed by atoms with van der Waals surface area (Å²) in [5.41, 5.74) is 2.20. The molecule has 3 rings (SSSR count). The lowest BCUT2D eigenvalue weighted by Gasteiger charge is -1.96. The summed E-state index contributed by atoms with van der Waals surface area (Å²) in [5.74, 6) is 0.793. The van der Waals surface area contributed by atoms with E-state index in [4.69, 9.17) is 0 Å². The van der Waals surface area contributed by atoms with Gasteiger partial charge in [-0.3, -0.25) is 4.40 Å². The number of aromatic nitrogens is 6. The predicted octanol–water partition coefficient (Wildman–Crippen LogP) is 1.28. The maximum atomic E-state index is 4.21. The van der Waals surface area contributed by atoms with Gasteiger partial charge in [-0.2, -0.15) is 0 Å². The van der Waals surface area contributed by atoms with E-state index in [0.29, 0.717) is 5.65 Å². The Morgan fingerprint density at radius 1 is 1.44 bits per heavy atom. The summed E-state index contributed by atoms with van der Waals surface area (Å²) in [4.78, 5) is 11.3. The number of thioether (sulfide) groups is 1. The van der Waals surface area contributed by atoms with E-state index in [9.17, 15) is 0 Å². The highest BCUT2D eigenvalue weighted by Crippen LogP contribution is 2.19. The van der Waals surface area contributed by atoms with Crippen LogP contribution in [-0.4, -0.2) is 35.3 Å². The largest absolute Gasteiger partial charge is 0.340 e. The fourth-order valence-electron chi connectivity index (χ4n) is 1.45. The lowest BCUT2D eigenvalue weighted by Crippen LogP contribution is -1.91. The molecule has 3 aromatic heterocycles. The molecule has 0 aliphatic carbocycles. The molecule has 0 unspecified atom stereocenters. The maximum Gasteiger partial charge on any atom is 0.197 e. The quantitative estimate of drug-likeness (QED) is 0.544. The minimum atomic E-state index is 0.653. The van der Waals surface area contributed by atoms with E-state index in [0.717, 1.165) is 22.1 Å². The zero-order chi connectivity index (χ0) is 11.0. The zero-order valence-electron chi connectivity index (χ0n) is 8.29. The van der Waals surface area contributed by atoms with E-state index in [-0.39, 0.29) is 0 Å². The molecule has 0 aliphatic heterocycles. The third kappa shape index (κ3) is 1.28. The molecule has 0 amide bonds. The SMILES string of the molecule is C=CCSc1nnc2c3[nH]cnc3ncn12. The summed E-state index contributed by atoms with van der Waals surface area (Å²) in [5, 5.41) is 9.03. The minimum Gasteiger partial charge on any atom is -0.340 e. The van der Waals surface area contributed by atoms with E-state index >= 15 is 0 Å². The molecule has 0 aromatic carbocycles. The molecule has 1 N–H and O–H groups in total. The second kappa shape index (κ2) is 3.60. The molecular weight excluding hydrogens is 224 g/mol. The van der Waals surface area contributed by atoms with E-state index in [2.05, 4.69) is 31.7 Å². The first-order valence-electron chi connectivity index (χ1n) is 4.66. The van der Waals surface area contributed by atoms with Crippen molar-refractivity contribution >= 4 is 28.6 Å². The number of nitrogens with zero attached hydrogens (tertiary/aromatic N) is 5. The molecule has 6 nitrogen and oxygen atoms in total. The molecule has 0 atom stereocenters. The summed E-state index contributed by atoms with van der Waals surface area (Å²) in [6.07, 6.45) is 5.11. The van der Waals surface area contributed by atoms with Crippen LogP contribution in [0, 0.1) is 0 Å². The van der Waals surface area contributed by atoms with Crippen LogP contribution in [0.1, 0.15) is 0 Å². The molecule has 0 saturated carbocycles. The molecule has 3 aromatic rings. The molecular formula is C9H8N6S. The summed E-state index contributed by atoms with van der Waals surface area (Å²) in [6, 6.07) is 0. The monoisotopic (exact) mass is 232 g/mol. The summed E-state index contributed by atoms with van der Waals surface area (Å²) >= 11 is 1.56. The van der Waals surface area contributed by atoms with Crippen molar-refractivity contribution < 1.29 is 0 Å². The van der Waals surface area contributed by atoms with Crippen molar-refractivity contribution in [2.24, 2.45) is 0 Å². The topological polar surface area (TPSA) is 71.8 Å². The van der Waals surface area contributed by atoms with Gasteiger partial charge in [-0.25, -0.2) is 9.97 Å². The van der Waals surface area contributed by atoms with Gasteiger partial charge in [0.15, 0.2) is 16.5 Å². The number of hydrogen-bond donors (Lipinski definition) is 1. The van der Waals surface area contributed by atoms with Crippen molar-refractivity contribution in [3.8, 4) is 0 Å². The first-order valence-corrected chi connectivity index (χ1v) is 5.65. The molecule has 0 saturated heterocycles. The Morgan fingerprint density at radius 2 is 2.38 bits per heavy atom. The van der Waals surface area contributed by atoms with Gasteiger partial charge in [0.05, 0.1) is 6.33 Å². The molecule has 7 heteroatoms. The van der Waals surface area contributed by atoms with Gasteiger partial charge >= 0.3 is 0 Å². The average molecular weight is 232 g/mol. The smallest absolute Gasteiger partial charge is 0.197 e. The summed E-state index contributed by atoms with van der Waals surface area (Å²) in [7, 11) is 0. The van der Waals surface area contributed by atoms with Gasteiger partial charge in [0.25, 0.3) is 0 Å². The van der Waals surface area contributed by atoms with Crippen LogP contribution in [0.2, 0.25) is 0 Å². The van der Waals surface area contributed by atoms with Crippen LogP contribution in [0.3, 0.4) is 0 Å². The standard InChI is InChI=1S/C9H8N6S/c1-2-3-16-9-14-13-8-6-7(11-4-10-6)12-5-15(8)9/h2,4-5H,1,3H2,(H,10,11). The highest BCUT2D eigenvalue weighted by atomic mass is 32.2. The lowest BCUT2D eigenvalue weighted by molar-refractivity contribution is 0.907. The Hall–Kier alpha value is -1.89. The molecule has 80 valence electrons. The Morgan fingerprint density at radius 3 is 3.25 bits per heavy atom. The van der Waals surface area contributed by atoms with E-state index in [1.165, 1.54) is 0 Å². The normalized spacial score (nSPS) is 11.2. The van der Waals surface area contributed by atoms with Crippen molar-refractivity contribution in [2.45, 2.75) is 5.16 Å². The van der Waals surface area contributed by atoms with E-state index in [1.807, 2.05) is 10.5 Å². The summed E-state index contributed by atoms with van der Waals surface area (Å²) in [6.45, 7) is 3.67. The fourth-order valence-corrected chi connectivity index (χ4v) is 2.08. The Kier molecular flexibility index (Phi) is 2.10. The lowest BCUT2D eigenvalue weighted by atomic mass is 10.5. The second-order valence-electron chi connectivity index (χ2n) is 3.12. The van der Waals surface area contributed by atoms with E-state index < -0.39 is 0 Å². The number of aromatic amines is 1. The number of H-pyrrole nitrogens is 1. The third-order valence-electron chi connectivity index (χ3n) is 2.13. The van der Waals surface area contributed by atoms with Crippen LogP contribution in [0.4, 0.5) is 0 Å². The van der Waals surface area contributed by atoms with Crippen molar-refractivity contribution in [2.75, 3.05) is 5.75 Å². The van der Waals surface area contributed by atoms with Gasteiger partial charge < -0.3 is 4.98 Å². The Balaban J connectivity index is 2.22. The third-order valence-corrected chi connectivity index (χ3v) is 3.07. The van der Waals surface area contributed by atoms with E-state index in [1.54, 1.807) is 24.4 Å². The highest BCUT2D eigenvalue weighted by molar-refractivity contribution is 7.99. The first-order chi connectivity index (χ1) is 7.90. The first kappa shape index (κ1) is 9.34. The average Bonchev–Trinajstić information content (AvgIpc) is 2.91. The number of hydrogen-bond acceptors (Lipinski definition) is 5. The van der Waals surface area contributed by atoms with Crippen LogP contribution in [0.25, 0.3) is 16.8 Å². The van der Waals surface area contributed by atoms with Crippen LogP contribution >= 0.6 is 11.8 Å². The van der Waals surface area contributed by atoms with Crippen molar-refractivity contribution in [1.82, 2.24) is 29.5 Å². The second-order valence-corrected chi connectivity index (χ2v) is 4.11. The van der Waals surface area contributed by atoms with Gasteiger partial charge in [0.1, 0.15) is 11.8 Å². The molecule has 0 radical (unpaired) electrons. The van der Waals surface area contributed by atoms with Gasteiger partial charge in [0.2, 0.25) is 0 Å². The molecule has 0 spiro atoms. The van der Waals surface area contributed by atoms with Crippen LogP contribution in [0.15, 0.2) is 30.5 Å². The molecule has 0 fully saturated rings. The molecule has 0 aliphatic rings. The fraction of sp³-hybridized carbons (Fsp3) is 0.111. The van der Waals surface area contributed by atoms with Crippen molar-refractivity contribution in [1.29, 1.82) is 0 Å². The van der Waals surface area contributed by atoms with Crippen LogP contribution in [-0.2, 0) is 0 Å². The van der Waals surface area contributed by atoms with Crippen LogP contribution < -0.4 is 0 Å². The Bertz CT molecular complexity index is 654. The number of rotatable bonds is 3. The zero-order valence-corrected chi connectivity index (χ0v) is 9.11. The highest BCUT2D eigenvalue weighted by Gasteiger charge is 2.10. The van der Waals surface area contributed by atoms with Gasteiger partial charge in [-0.15, -0.1) is 16.8 Å². The molecule has 3 heterocycles. The summed E-state index contributed by atoms with van der Waals surface area (Å²) < 4.78 is 1.84. The number of imidazole rings is 1. The molecule has 0 bridgehead atoms. The minimum absolute atomic E-state index is 0.653. The van der Waals surface area contributed by atoms with Gasteiger partial charge in [-0.1, -0.05) is 17.8 Å².